The van der Waals surface area contributed by atoms with Gasteiger partial charge in [-0.1, -0.05) is 0 Å². The van der Waals surface area contributed by atoms with Gasteiger partial charge in [0.1, 0.15) is 0 Å². The lowest BCUT2D eigenvalue weighted by Crippen LogP contribution is -2.07. The molecule has 0 fully saturated rings. The summed E-state index contributed by atoms with van der Waals surface area (Å²) in [6.07, 6.45) is 4.78. The molecule has 3 heteroatoms. The number of rotatable bonds is 2. The standard InChI is InChI=1S/C5H6N2O/c8-4-7-5-1-2-6-3-5/h2-4H,1H2,(H,7,8). The van der Waals surface area contributed by atoms with Crippen molar-refractivity contribution >= 4 is 12.6 Å². The predicted molar refractivity (Wildman–Crippen MR) is 30.4 cm³/mol. The number of nitrogens with one attached hydrogen (secondary N) is 1. The Hall–Kier alpha value is -1.12. The first-order valence-corrected chi connectivity index (χ1v) is 2.34. The molecule has 0 aromatic heterocycles. The Morgan fingerprint density at radius 3 is 3.25 bits per heavy atom. The maximum Gasteiger partial charge on any atom is 0.211 e. The molecule has 1 aliphatic rings. The maximum absolute atomic E-state index is 9.75. The molecule has 1 aliphatic heterocycles. The summed E-state index contributed by atoms with van der Waals surface area (Å²) in [6.45, 7) is 0. The van der Waals surface area contributed by atoms with Gasteiger partial charge in [0.2, 0.25) is 6.41 Å². The topological polar surface area (TPSA) is 41.5 Å². The SMILES string of the molecule is O=CNC1=CN=CC1. The Morgan fingerprint density at radius 1 is 1.88 bits per heavy atom. The van der Waals surface area contributed by atoms with Crippen LogP contribution in [0.15, 0.2) is 16.9 Å². The van der Waals surface area contributed by atoms with Crippen molar-refractivity contribution in [3.8, 4) is 0 Å². The predicted octanol–water partition coefficient (Wildman–Crippen LogP) is 0.0483. The van der Waals surface area contributed by atoms with Crippen molar-refractivity contribution in [2.75, 3.05) is 0 Å². The van der Waals surface area contributed by atoms with Crippen LogP contribution in [0.4, 0.5) is 0 Å². The van der Waals surface area contributed by atoms with Crippen LogP contribution in [-0.4, -0.2) is 12.6 Å². The average Bonchev–Trinajstić information content (AvgIpc) is 2.19. The van der Waals surface area contributed by atoms with Gasteiger partial charge in [0.05, 0.1) is 0 Å². The summed E-state index contributed by atoms with van der Waals surface area (Å²) in [5, 5.41) is 2.50. The first kappa shape index (κ1) is 5.03. The Morgan fingerprint density at radius 2 is 2.75 bits per heavy atom. The molecule has 0 aromatic rings. The number of hydrogen-bond donors (Lipinski definition) is 1. The molecule has 0 aliphatic carbocycles. The van der Waals surface area contributed by atoms with Crippen molar-refractivity contribution in [1.82, 2.24) is 5.32 Å². The van der Waals surface area contributed by atoms with E-state index in [0.29, 0.717) is 6.41 Å². The second-order valence-electron chi connectivity index (χ2n) is 1.45. The third-order valence-corrected chi connectivity index (χ3v) is 0.891. The highest BCUT2D eigenvalue weighted by atomic mass is 16.1. The summed E-state index contributed by atoms with van der Waals surface area (Å²) >= 11 is 0. The van der Waals surface area contributed by atoms with E-state index in [0.717, 1.165) is 12.1 Å². The maximum atomic E-state index is 9.75. The molecule has 8 heavy (non-hydrogen) atoms. The highest BCUT2D eigenvalue weighted by molar-refractivity contribution is 5.67. The summed E-state index contributed by atoms with van der Waals surface area (Å²) in [4.78, 5) is 13.5. The van der Waals surface area contributed by atoms with Gasteiger partial charge in [0, 0.05) is 24.5 Å². The quantitative estimate of drug-likeness (QED) is 0.501. The molecule has 0 unspecified atom stereocenters. The van der Waals surface area contributed by atoms with Crippen molar-refractivity contribution in [2.45, 2.75) is 6.42 Å². The zero-order chi connectivity index (χ0) is 5.82. The second-order valence-corrected chi connectivity index (χ2v) is 1.45. The third-order valence-electron chi connectivity index (χ3n) is 0.891. The summed E-state index contributed by atoms with van der Waals surface area (Å²) in [5.41, 5.74) is 0.861. The van der Waals surface area contributed by atoms with Gasteiger partial charge in [0.25, 0.3) is 0 Å². The fourth-order valence-electron chi connectivity index (χ4n) is 0.518. The molecule has 0 radical (unpaired) electrons. The summed E-state index contributed by atoms with van der Waals surface area (Å²) < 4.78 is 0. The van der Waals surface area contributed by atoms with Crippen molar-refractivity contribution in [3.05, 3.63) is 11.9 Å². The normalized spacial score (nSPS) is 15.8. The van der Waals surface area contributed by atoms with Gasteiger partial charge in [-0.25, -0.2) is 0 Å². The Kier molecular flexibility index (Phi) is 1.42. The van der Waals surface area contributed by atoms with Gasteiger partial charge in [-0.05, 0) is 0 Å². The van der Waals surface area contributed by atoms with Gasteiger partial charge in [-0.3, -0.25) is 9.79 Å². The van der Waals surface area contributed by atoms with Gasteiger partial charge in [-0.15, -0.1) is 0 Å². The molecule has 0 saturated heterocycles. The van der Waals surface area contributed by atoms with Crippen LogP contribution < -0.4 is 5.32 Å². The molecule has 0 aromatic carbocycles. The van der Waals surface area contributed by atoms with E-state index in [1.807, 2.05) is 0 Å². The zero-order valence-corrected chi connectivity index (χ0v) is 4.29. The van der Waals surface area contributed by atoms with Crippen molar-refractivity contribution in [3.63, 3.8) is 0 Å². The lowest BCUT2D eigenvalue weighted by molar-refractivity contribution is -0.108. The third kappa shape index (κ3) is 0.932. The van der Waals surface area contributed by atoms with Crippen LogP contribution in [-0.2, 0) is 4.79 Å². The fourth-order valence-corrected chi connectivity index (χ4v) is 0.518. The minimum absolute atomic E-state index is 0.653. The van der Waals surface area contributed by atoms with Gasteiger partial charge in [0.15, 0.2) is 0 Å². The Bertz CT molecular complexity index is 149. The highest BCUT2D eigenvalue weighted by Gasteiger charge is 1.95. The molecule has 42 valence electrons. The van der Waals surface area contributed by atoms with E-state index in [4.69, 9.17) is 0 Å². The van der Waals surface area contributed by atoms with Crippen LogP contribution in [0.1, 0.15) is 6.42 Å². The largest absolute Gasteiger partial charge is 0.331 e. The smallest absolute Gasteiger partial charge is 0.211 e. The molecule has 0 saturated carbocycles. The number of carbonyl (C=O) groups excluding carboxylic acids is 1. The van der Waals surface area contributed by atoms with Crippen LogP contribution in [0, 0.1) is 0 Å². The zero-order valence-electron chi connectivity index (χ0n) is 4.29. The number of allylic oxidation sites excluding steroid dienone is 1. The minimum Gasteiger partial charge on any atom is -0.331 e. The first-order chi connectivity index (χ1) is 3.93. The van der Waals surface area contributed by atoms with Crippen LogP contribution in [0.25, 0.3) is 0 Å². The van der Waals surface area contributed by atoms with E-state index < -0.39 is 0 Å². The molecule has 0 atom stereocenters. The number of aliphatic imine (C=N–C) groups is 1. The molecule has 3 nitrogen and oxygen atoms in total. The van der Waals surface area contributed by atoms with Gasteiger partial charge in [-0.2, -0.15) is 0 Å². The van der Waals surface area contributed by atoms with Crippen molar-refractivity contribution in [1.29, 1.82) is 0 Å². The van der Waals surface area contributed by atoms with E-state index in [2.05, 4.69) is 10.3 Å². The Balaban J connectivity index is 2.39. The number of hydrogen-bond acceptors (Lipinski definition) is 2. The minimum atomic E-state index is 0.653. The van der Waals surface area contributed by atoms with E-state index in [1.165, 1.54) is 0 Å². The summed E-state index contributed by atoms with van der Waals surface area (Å²) in [7, 11) is 0. The second kappa shape index (κ2) is 2.26. The molecular weight excluding hydrogens is 104 g/mol. The van der Waals surface area contributed by atoms with Crippen LogP contribution >= 0.6 is 0 Å². The lowest BCUT2D eigenvalue weighted by Gasteiger charge is -1.91. The summed E-state index contributed by atoms with van der Waals surface area (Å²) in [6, 6.07) is 0. The van der Waals surface area contributed by atoms with Crippen molar-refractivity contribution < 1.29 is 4.79 Å². The first-order valence-electron chi connectivity index (χ1n) is 2.34. The van der Waals surface area contributed by atoms with Gasteiger partial charge < -0.3 is 5.32 Å². The van der Waals surface area contributed by atoms with Crippen molar-refractivity contribution in [2.24, 2.45) is 4.99 Å². The van der Waals surface area contributed by atoms with Crippen LogP contribution in [0.2, 0.25) is 0 Å². The number of amides is 1. The van der Waals surface area contributed by atoms with E-state index in [9.17, 15) is 4.79 Å². The molecular formula is C5H6N2O. The van der Waals surface area contributed by atoms with Crippen LogP contribution in [0.3, 0.4) is 0 Å². The monoisotopic (exact) mass is 110 g/mol. The Labute approximate surface area is 47.1 Å². The molecule has 1 amide bonds. The fraction of sp³-hybridized carbons (Fsp3) is 0.200. The van der Waals surface area contributed by atoms with E-state index in [1.54, 1.807) is 12.4 Å². The number of carbonyl (C=O) groups is 1. The molecule has 0 spiro atoms. The molecule has 1 N–H and O–H groups in total. The average molecular weight is 110 g/mol. The van der Waals surface area contributed by atoms with E-state index in [-0.39, 0.29) is 0 Å². The molecule has 0 bridgehead atoms. The number of nitrogens with zero attached hydrogens (tertiary/aromatic N) is 1. The van der Waals surface area contributed by atoms with E-state index >= 15 is 0 Å². The highest BCUT2D eigenvalue weighted by Crippen LogP contribution is 1.99. The lowest BCUT2D eigenvalue weighted by atomic mass is 10.4. The van der Waals surface area contributed by atoms with Crippen LogP contribution in [0.5, 0.6) is 0 Å². The van der Waals surface area contributed by atoms with Gasteiger partial charge >= 0.3 is 0 Å². The molecule has 1 rings (SSSR count). The summed E-state index contributed by atoms with van der Waals surface area (Å²) in [5.74, 6) is 0. The molecule has 1 heterocycles.